The number of hydrogen-bond donors (Lipinski definition) is 3. The minimum Gasteiger partial charge on any atom is -0.472 e. The van der Waals surface area contributed by atoms with Crippen molar-refractivity contribution >= 4 is 17.8 Å². The lowest BCUT2D eigenvalue weighted by Gasteiger charge is -2.32. The maximum atomic E-state index is 11.8. The van der Waals surface area contributed by atoms with E-state index >= 15 is 0 Å². The molecule has 0 saturated carbocycles. The largest absolute Gasteiger partial charge is 0.472 e. The molecule has 8 heteroatoms. The normalized spacial score (nSPS) is 15.4. The van der Waals surface area contributed by atoms with Gasteiger partial charge in [0.2, 0.25) is 5.91 Å². The number of primary amides is 1. The number of nitrogens with one attached hydrogen (secondary N) is 2. The van der Waals surface area contributed by atoms with Gasteiger partial charge in [-0.2, -0.15) is 0 Å². The average molecular weight is 308 g/mol. The van der Waals surface area contributed by atoms with Crippen molar-refractivity contribution in [3.63, 3.8) is 0 Å². The highest BCUT2D eigenvalue weighted by atomic mass is 16.3. The Morgan fingerprint density at radius 2 is 2.00 bits per heavy atom. The van der Waals surface area contributed by atoms with Crippen LogP contribution >= 0.6 is 0 Å². The number of carbonyl (C=O) groups is 3. The van der Waals surface area contributed by atoms with Crippen molar-refractivity contribution in [2.75, 3.05) is 26.2 Å². The van der Waals surface area contributed by atoms with Crippen LogP contribution in [0, 0.1) is 5.92 Å². The van der Waals surface area contributed by atoms with Crippen LogP contribution in [-0.2, 0) is 4.79 Å². The third kappa shape index (κ3) is 4.51. The molecule has 1 aromatic rings. The van der Waals surface area contributed by atoms with E-state index in [1.807, 2.05) is 0 Å². The minimum atomic E-state index is -0.704. The van der Waals surface area contributed by atoms with Crippen LogP contribution < -0.4 is 16.4 Å². The average Bonchev–Trinajstić information content (AvgIpc) is 3.05. The SMILES string of the molecule is NC(=O)NCC(=O)N1CCC(CNC(=O)c2ccoc2)CC1. The molecule has 1 aliphatic heterocycles. The maximum Gasteiger partial charge on any atom is 0.312 e. The molecule has 4 amide bonds. The summed E-state index contributed by atoms with van der Waals surface area (Å²) in [4.78, 5) is 35.9. The number of nitrogens with zero attached hydrogens (tertiary/aromatic N) is 1. The van der Waals surface area contributed by atoms with E-state index in [0.717, 1.165) is 12.8 Å². The van der Waals surface area contributed by atoms with E-state index in [9.17, 15) is 14.4 Å². The van der Waals surface area contributed by atoms with Crippen molar-refractivity contribution in [1.82, 2.24) is 15.5 Å². The molecule has 22 heavy (non-hydrogen) atoms. The van der Waals surface area contributed by atoms with E-state index in [0.29, 0.717) is 31.1 Å². The monoisotopic (exact) mass is 308 g/mol. The highest BCUT2D eigenvalue weighted by Crippen LogP contribution is 2.16. The summed E-state index contributed by atoms with van der Waals surface area (Å²) in [6.45, 7) is 1.74. The number of urea groups is 1. The number of hydrogen-bond acceptors (Lipinski definition) is 4. The van der Waals surface area contributed by atoms with Crippen molar-refractivity contribution in [3.8, 4) is 0 Å². The first-order chi connectivity index (χ1) is 10.6. The van der Waals surface area contributed by atoms with Crippen LogP contribution in [0.25, 0.3) is 0 Å². The number of amides is 4. The molecule has 0 bridgehead atoms. The molecule has 1 aromatic heterocycles. The Morgan fingerprint density at radius 1 is 1.27 bits per heavy atom. The van der Waals surface area contributed by atoms with Crippen molar-refractivity contribution in [3.05, 3.63) is 24.2 Å². The van der Waals surface area contributed by atoms with Gasteiger partial charge < -0.3 is 25.7 Å². The second kappa shape index (κ2) is 7.48. The fraction of sp³-hybridized carbons (Fsp3) is 0.500. The first-order valence-corrected chi connectivity index (χ1v) is 7.17. The fourth-order valence-corrected chi connectivity index (χ4v) is 2.39. The van der Waals surface area contributed by atoms with Gasteiger partial charge in [-0.05, 0) is 24.8 Å². The summed E-state index contributed by atoms with van der Waals surface area (Å²) in [5.74, 6) is 0.0431. The van der Waals surface area contributed by atoms with Crippen molar-refractivity contribution < 1.29 is 18.8 Å². The highest BCUT2D eigenvalue weighted by Gasteiger charge is 2.23. The number of rotatable bonds is 5. The molecule has 1 aliphatic rings. The molecule has 0 atom stereocenters. The van der Waals surface area contributed by atoms with Gasteiger partial charge in [-0.1, -0.05) is 0 Å². The number of likely N-dealkylation sites (tertiary alicyclic amines) is 1. The van der Waals surface area contributed by atoms with Crippen molar-refractivity contribution in [2.45, 2.75) is 12.8 Å². The molecule has 4 N–H and O–H groups in total. The van der Waals surface area contributed by atoms with Gasteiger partial charge >= 0.3 is 6.03 Å². The number of piperidine rings is 1. The Bertz CT molecular complexity index is 521. The summed E-state index contributed by atoms with van der Waals surface area (Å²) in [7, 11) is 0. The zero-order valence-corrected chi connectivity index (χ0v) is 12.2. The smallest absolute Gasteiger partial charge is 0.312 e. The predicted molar refractivity (Wildman–Crippen MR) is 77.9 cm³/mol. The van der Waals surface area contributed by atoms with Crippen LogP contribution in [0.5, 0.6) is 0 Å². The third-order valence-corrected chi connectivity index (χ3v) is 3.72. The lowest BCUT2D eigenvalue weighted by atomic mass is 9.96. The number of carbonyl (C=O) groups excluding carboxylic acids is 3. The van der Waals surface area contributed by atoms with Crippen molar-refractivity contribution in [1.29, 1.82) is 0 Å². The van der Waals surface area contributed by atoms with Gasteiger partial charge in [0.1, 0.15) is 6.26 Å². The molecule has 2 heterocycles. The third-order valence-electron chi connectivity index (χ3n) is 3.72. The van der Waals surface area contributed by atoms with Gasteiger partial charge in [0.25, 0.3) is 5.91 Å². The molecule has 0 aliphatic carbocycles. The molecule has 0 spiro atoms. The first-order valence-electron chi connectivity index (χ1n) is 7.17. The van der Waals surface area contributed by atoms with Crippen LogP contribution in [0.3, 0.4) is 0 Å². The lowest BCUT2D eigenvalue weighted by molar-refractivity contribution is -0.131. The number of furan rings is 1. The quantitative estimate of drug-likeness (QED) is 0.705. The molecule has 120 valence electrons. The lowest BCUT2D eigenvalue weighted by Crippen LogP contribution is -2.46. The Labute approximate surface area is 128 Å². The van der Waals surface area contributed by atoms with E-state index in [4.69, 9.17) is 10.2 Å². The second-order valence-corrected chi connectivity index (χ2v) is 5.26. The van der Waals surface area contributed by atoms with Gasteiger partial charge in [0.15, 0.2) is 0 Å². The summed E-state index contributed by atoms with van der Waals surface area (Å²) in [6, 6.07) is 0.910. The molecule has 8 nitrogen and oxygen atoms in total. The molecule has 2 rings (SSSR count). The van der Waals surface area contributed by atoms with Crippen LogP contribution in [-0.4, -0.2) is 48.9 Å². The van der Waals surface area contributed by atoms with Crippen LogP contribution in [0.1, 0.15) is 23.2 Å². The summed E-state index contributed by atoms with van der Waals surface area (Å²) in [5.41, 5.74) is 5.44. The highest BCUT2D eigenvalue weighted by molar-refractivity contribution is 5.93. The van der Waals surface area contributed by atoms with E-state index in [2.05, 4.69) is 10.6 Å². The standard InChI is InChI=1S/C14H20N4O4/c15-14(21)17-8-12(19)18-4-1-10(2-5-18)7-16-13(20)11-3-6-22-9-11/h3,6,9-10H,1-2,4-5,7-8H2,(H,16,20)(H3,15,17,21). The van der Waals surface area contributed by atoms with Gasteiger partial charge in [0, 0.05) is 19.6 Å². The van der Waals surface area contributed by atoms with Gasteiger partial charge in [-0.25, -0.2) is 4.79 Å². The summed E-state index contributed by atoms with van der Waals surface area (Å²) in [6.07, 6.45) is 4.49. The summed E-state index contributed by atoms with van der Waals surface area (Å²) < 4.78 is 4.86. The summed E-state index contributed by atoms with van der Waals surface area (Å²) >= 11 is 0. The van der Waals surface area contributed by atoms with E-state index in [1.165, 1.54) is 12.5 Å². The van der Waals surface area contributed by atoms with E-state index in [-0.39, 0.29) is 18.4 Å². The predicted octanol–water partition coefficient (Wildman–Crippen LogP) is -0.0837. The van der Waals surface area contributed by atoms with Gasteiger partial charge in [-0.15, -0.1) is 0 Å². The molecular weight excluding hydrogens is 288 g/mol. The topological polar surface area (TPSA) is 118 Å². The zero-order chi connectivity index (χ0) is 15.9. The first kappa shape index (κ1) is 15.9. The van der Waals surface area contributed by atoms with Crippen LogP contribution in [0.4, 0.5) is 4.79 Å². The Kier molecular flexibility index (Phi) is 5.40. The Hall–Kier alpha value is -2.51. The molecular formula is C14H20N4O4. The fourth-order valence-electron chi connectivity index (χ4n) is 2.39. The molecule has 1 fully saturated rings. The molecule has 0 unspecified atom stereocenters. The van der Waals surface area contributed by atoms with Crippen LogP contribution in [0.15, 0.2) is 23.0 Å². The number of nitrogens with two attached hydrogens (primary N) is 1. The molecule has 0 radical (unpaired) electrons. The van der Waals surface area contributed by atoms with Gasteiger partial charge in [-0.3, -0.25) is 9.59 Å². The molecule has 1 saturated heterocycles. The van der Waals surface area contributed by atoms with Crippen molar-refractivity contribution in [2.24, 2.45) is 11.7 Å². The zero-order valence-electron chi connectivity index (χ0n) is 12.2. The van der Waals surface area contributed by atoms with Gasteiger partial charge in [0.05, 0.1) is 18.4 Å². The second-order valence-electron chi connectivity index (χ2n) is 5.26. The minimum absolute atomic E-state index is 0.0722. The Balaban J connectivity index is 1.67. The maximum absolute atomic E-state index is 11.8. The molecule has 0 aromatic carbocycles. The Morgan fingerprint density at radius 3 is 2.59 bits per heavy atom. The van der Waals surface area contributed by atoms with E-state index in [1.54, 1.807) is 11.0 Å². The van der Waals surface area contributed by atoms with Crippen LogP contribution in [0.2, 0.25) is 0 Å². The van der Waals surface area contributed by atoms with E-state index < -0.39 is 6.03 Å². The summed E-state index contributed by atoms with van der Waals surface area (Å²) in [5, 5.41) is 5.15.